The molecule has 0 bridgehead atoms. The minimum atomic E-state index is -0.487. The molecule has 0 saturated heterocycles. The minimum Gasteiger partial charge on any atom is -0.296 e. The van der Waals surface area contributed by atoms with E-state index in [-0.39, 0.29) is 23.8 Å². The fourth-order valence-electron chi connectivity index (χ4n) is 3.50. The van der Waals surface area contributed by atoms with Crippen LogP contribution in [0, 0.1) is 0 Å². The molecular formula is C21H25BrN4O3. The Morgan fingerprint density at radius 1 is 1.07 bits per heavy atom. The lowest BCUT2D eigenvalue weighted by Gasteiger charge is -2.16. The first-order valence-electron chi connectivity index (χ1n) is 9.53. The van der Waals surface area contributed by atoms with Gasteiger partial charge in [0, 0.05) is 19.7 Å². The Bertz CT molecular complexity index is 1230. The van der Waals surface area contributed by atoms with Crippen LogP contribution in [0.25, 0.3) is 11.2 Å². The number of Topliss-reactive ketones (excluding diaryl/α,β-unsaturated/α-hetero) is 1. The van der Waals surface area contributed by atoms with Crippen molar-refractivity contribution < 1.29 is 4.79 Å². The maximum Gasteiger partial charge on any atom is 0.332 e. The molecule has 7 nitrogen and oxygen atoms in total. The van der Waals surface area contributed by atoms with Crippen LogP contribution >= 0.6 is 15.9 Å². The number of hydrogen-bond acceptors (Lipinski definition) is 4. The number of imidazole rings is 1. The van der Waals surface area contributed by atoms with Crippen molar-refractivity contribution in [1.29, 1.82) is 0 Å². The van der Waals surface area contributed by atoms with Gasteiger partial charge in [-0.1, -0.05) is 45.9 Å². The largest absolute Gasteiger partial charge is 0.332 e. The highest BCUT2D eigenvalue weighted by Crippen LogP contribution is 2.26. The number of carbonyl (C=O) groups is 1. The minimum absolute atomic E-state index is 0.0295. The molecule has 0 radical (unpaired) electrons. The zero-order valence-electron chi connectivity index (χ0n) is 17.5. The van der Waals surface area contributed by atoms with E-state index < -0.39 is 11.2 Å². The molecule has 0 amide bonds. The maximum absolute atomic E-state index is 13.2. The Morgan fingerprint density at radius 3 is 2.31 bits per heavy atom. The summed E-state index contributed by atoms with van der Waals surface area (Å²) in [7, 11) is 2.98. The standard InChI is InChI=1S/C21H25BrN4O3/c1-11(2)13-7-8-14(15(9-13)12(3)4)16(27)10-26-18-17(23-20(26)22)19(28)25(6)21(29)24(18)5/h7-9,11-12H,10H2,1-6H3. The van der Waals surface area contributed by atoms with Crippen molar-refractivity contribution in [1.82, 2.24) is 18.7 Å². The number of ketones is 1. The molecule has 0 unspecified atom stereocenters. The van der Waals surface area contributed by atoms with Crippen LogP contribution in [-0.4, -0.2) is 24.5 Å². The fraction of sp³-hybridized carbons (Fsp3) is 0.429. The zero-order chi connectivity index (χ0) is 21.6. The van der Waals surface area contributed by atoms with E-state index >= 15 is 0 Å². The molecule has 0 aliphatic rings. The lowest BCUT2D eigenvalue weighted by Crippen LogP contribution is -2.37. The first kappa shape index (κ1) is 21.2. The van der Waals surface area contributed by atoms with Crippen molar-refractivity contribution in [3.05, 3.63) is 60.5 Å². The molecule has 0 fully saturated rings. The molecule has 0 aliphatic heterocycles. The predicted octanol–water partition coefficient (Wildman–Crippen LogP) is 3.33. The van der Waals surface area contributed by atoms with Gasteiger partial charge in [-0.15, -0.1) is 0 Å². The molecule has 3 aromatic rings. The SMILES string of the molecule is CC(C)c1ccc(C(=O)Cn2c(Br)nc3c(=O)n(C)c(=O)n(C)c32)c(C(C)C)c1. The number of carbonyl (C=O) groups excluding carboxylic acids is 1. The second-order valence-electron chi connectivity index (χ2n) is 7.92. The molecule has 29 heavy (non-hydrogen) atoms. The van der Waals surface area contributed by atoms with Crippen molar-refractivity contribution in [3.8, 4) is 0 Å². The molecular weight excluding hydrogens is 436 g/mol. The third kappa shape index (κ3) is 3.61. The average molecular weight is 461 g/mol. The van der Waals surface area contributed by atoms with Crippen LogP contribution in [0.5, 0.6) is 0 Å². The number of hydrogen-bond donors (Lipinski definition) is 0. The molecule has 0 atom stereocenters. The monoisotopic (exact) mass is 460 g/mol. The summed E-state index contributed by atoms with van der Waals surface area (Å²) in [6.07, 6.45) is 0. The van der Waals surface area contributed by atoms with Crippen molar-refractivity contribution >= 4 is 32.9 Å². The van der Waals surface area contributed by atoms with E-state index in [1.54, 1.807) is 11.6 Å². The average Bonchev–Trinajstić information content (AvgIpc) is 3.00. The topological polar surface area (TPSA) is 78.9 Å². The second-order valence-corrected chi connectivity index (χ2v) is 8.63. The molecule has 2 aromatic heterocycles. The Morgan fingerprint density at radius 2 is 1.72 bits per heavy atom. The number of aryl methyl sites for hydroxylation is 1. The van der Waals surface area contributed by atoms with Crippen LogP contribution in [0.15, 0.2) is 32.5 Å². The quantitative estimate of drug-likeness (QED) is 0.432. The summed E-state index contributed by atoms with van der Waals surface area (Å²) in [6, 6.07) is 5.95. The lowest BCUT2D eigenvalue weighted by molar-refractivity contribution is 0.0971. The number of halogens is 1. The van der Waals surface area contributed by atoms with Crippen LogP contribution < -0.4 is 11.2 Å². The fourth-order valence-corrected chi connectivity index (χ4v) is 3.97. The van der Waals surface area contributed by atoms with Gasteiger partial charge in [0.05, 0.1) is 6.54 Å². The molecule has 2 heterocycles. The molecule has 0 saturated carbocycles. The first-order valence-corrected chi connectivity index (χ1v) is 10.3. The van der Waals surface area contributed by atoms with Gasteiger partial charge in [0.2, 0.25) is 0 Å². The Labute approximate surface area is 177 Å². The van der Waals surface area contributed by atoms with Gasteiger partial charge in [-0.05, 0) is 38.9 Å². The molecule has 8 heteroatoms. The first-order chi connectivity index (χ1) is 13.5. The molecule has 3 rings (SSSR count). The van der Waals surface area contributed by atoms with Gasteiger partial charge in [-0.25, -0.2) is 9.78 Å². The Hall–Kier alpha value is -2.48. The van der Waals surface area contributed by atoms with E-state index in [0.29, 0.717) is 21.9 Å². The number of fused-ring (bicyclic) bond motifs is 1. The van der Waals surface area contributed by atoms with Crippen molar-refractivity contribution in [2.75, 3.05) is 0 Å². The molecule has 0 N–H and O–H groups in total. The number of nitrogens with zero attached hydrogens (tertiary/aromatic N) is 4. The summed E-state index contributed by atoms with van der Waals surface area (Å²) in [5, 5.41) is 0. The highest BCUT2D eigenvalue weighted by atomic mass is 79.9. The Balaban J connectivity index is 2.14. The maximum atomic E-state index is 13.2. The van der Waals surface area contributed by atoms with Crippen molar-refractivity contribution in [2.45, 2.75) is 46.1 Å². The van der Waals surface area contributed by atoms with Gasteiger partial charge in [0.15, 0.2) is 21.7 Å². The van der Waals surface area contributed by atoms with Crippen LogP contribution in [0.1, 0.15) is 61.0 Å². The van der Waals surface area contributed by atoms with Crippen molar-refractivity contribution in [2.24, 2.45) is 14.1 Å². The van der Waals surface area contributed by atoms with E-state index in [4.69, 9.17) is 0 Å². The molecule has 154 valence electrons. The predicted molar refractivity (Wildman–Crippen MR) is 117 cm³/mol. The van der Waals surface area contributed by atoms with Gasteiger partial charge in [-0.2, -0.15) is 0 Å². The highest BCUT2D eigenvalue weighted by molar-refractivity contribution is 9.10. The number of aromatic nitrogens is 4. The zero-order valence-corrected chi connectivity index (χ0v) is 19.1. The van der Waals surface area contributed by atoms with Gasteiger partial charge in [-0.3, -0.25) is 23.3 Å². The second kappa shape index (κ2) is 7.74. The van der Waals surface area contributed by atoms with Gasteiger partial charge < -0.3 is 0 Å². The van der Waals surface area contributed by atoms with E-state index in [0.717, 1.165) is 10.1 Å². The molecule has 1 aromatic carbocycles. The summed E-state index contributed by atoms with van der Waals surface area (Å²) in [6.45, 7) is 8.34. The third-order valence-corrected chi connectivity index (χ3v) is 5.86. The van der Waals surface area contributed by atoms with Gasteiger partial charge in [0.25, 0.3) is 5.56 Å². The number of benzene rings is 1. The van der Waals surface area contributed by atoms with Crippen molar-refractivity contribution in [3.63, 3.8) is 0 Å². The highest BCUT2D eigenvalue weighted by Gasteiger charge is 2.22. The van der Waals surface area contributed by atoms with Gasteiger partial charge in [0.1, 0.15) is 0 Å². The lowest BCUT2D eigenvalue weighted by atomic mass is 9.90. The number of rotatable bonds is 5. The van der Waals surface area contributed by atoms with Crippen LogP contribution in [0.2, 0.25) is 0 Å². The molecule has 0 spiro atoms. The Kier molecular flexibility index (Phi) is 5.67. The van der Waals surface area contributed by atoms with Crippen LogP contribution in [0.4, 0.5) is 0 Å². The van der Waals surface area contributed by atoms with Crippen LogP contribution in [0.3, 0.4) is 0 Å². The summed E-state index contributed by atoms with van der Waals surface area (Å²) in [5.74, 6) is 0.457. The smallest absolute Gasteiger partial charge is 0.296 e. The summed E-state index contributed by atoms with van der Waals surface area (Å²) in [5.41, 5.74) is 2.34. The third-order valence-electron chi connectivity index (χ3n) is 5.26. The van der Waals surface area contributed by atoms with Gasteiger partial charge >= 0.3 is 5.69 Å². The summed E-state index contributed by atoms with van der Waals surface area (Å²) in [4.78, 5) is 42.3. The molecule has 0 aliphatic carbocycles. The normalized spacial score (nSPS) is 11.8. The van der Waals surface area contributed by atoms with E-state index in [1.165, 1.54) is 17.2 Å². The van der Waals surface area contributed by atoms with Crippen LogP contribution in [-0.2, 0) is 20.6 Å². The van der Waals surface area contributed by atoms with E-state index in [9.17, 15) is 14.4 Å². The summed E-state index contributed by atoms with van der Waals surface area (Å²) >= 11 is 3.34. The summed E-state index contributed by atoms with van der Waals surface area (Å²) < 4.78 is 4.26. The van der Waals surface area contributed by atoms with E-state index in [1.807, 2.05) is 12.1 Å². The van der Waals surface area contributed by atoms with E-state index in [2.05, 4.69) is 54.7 Å².